The van der Waals surface area contributed by atoms with Crippen molar-refractivity contribution in [1.82, 2.24) is 15.1 Å². The van der Waals surface area contributed by atoms with Gasteiger partial charge in [0.2, 0.25) is 5.91 Å². The number of hydrogen-bond donors (Lipinski definition) is 1. The monoisotopic (exact) mass is 438 g/mol. The summed E-state index contributed by atoms with van der Waals surface area (Å²) in [6.07, 6.45) is 2.30. The molecule has 2 aliphatic rings. The van der Waals surface area contributed by atoms with Gasteiger partial charge in [0.15, 0.2) is 0 Å². The molecule has 0 aromatic heterocycles. The fourth-order valence-corrected chi connectivity index (χ4v) is 5.56. The fraction of sp³-hybridized carbons (Fsp3) is 0.480. The smallest absolute Gasteiger partial charge is 0.240 e. The van der Waals surface area contributed by atoms with Gasteiger partial charge in [-0.3, -0.25) is 15.0 Å². The Morgan fingerprint density at radius 3 is 2.58 bits per heavy atom. The Morgan fingerprint density at radius 2 is 1.84 bits per heavy atom. The van der Waals surface area contributed by atoms with Crippen LogP contribution in [0.4, 0.5) is 5.69 Å². The van der Waals surface area contributed by atoms with Crippen LogP contribution in [0.25, 0.3) is 0 Å². The molecule has 0 radical (unpaired) electrons. The van der Waals surface area contributed by atoms with Crippen LogP contribution in [0.15, 0.2) is 54.6 Å². The first-order chi connectivity index (χ1) is 15.1. The molecule has 0 aliphatic carbocycles. The third-order valence-corrected chi connectivity index (χ3v) is 7.50. The SMILES string of the molecule is CN(C)c1cccc(C2N[C@H](C(=O)N3CCN(CCCc4ccccc4)CC3)CS2)c1. The lowest BCUT2D eigenvalue weighted by Gasteiger charge is -2.36. The van der Waals surface area contributed by atoms with Crippen molar-refractivity contribution in [2.45, 2.75) is 24.3 Å². The predicted octanol–water partition coefficient (Wildman–Crippen LogP) is 3.23. The first-order valence-corrected chi connectivity index (χ1v) is 12.3. The van der Waals surface area contributed by atoms with E-state index in [0.29, 0.717) is 0 Å². The highest BCUT2D eigenvalue weighted by atomic mass is 32.2. The molecular formula is C25H34N4OS. The first-order valence-electron chi connectivity index (χ1n) is 11.3. The van der Waals surface area contributed by atoms with E-state index >= 15 is 0 Å². The van der Waals surface area contributed by atoms with Gasteiger partial charge in [-0.1, -0.05) is 42.5 Å². The van der Waals surface area contributed by atoms with E-state index in [1.54, 1.807) is 0 Å². The summed E-state index contributed by atoms with van der Waals surface area (Å²) in [6.45, 7) is 4.75. The molecule has 5 nitrogen and oxygen atoms in total. The standard InChI is InChI=1S/C25H34N4OS/c1-27(2)22-12-6-11-21(18-22)24-26-23(19-31-24)25(30)29-16-14-28(15-17-29)13-7-10-20-8-4-3-5-9-20/h3-6,8-9,11-12,18,23-24,26H,7,10,13-17,19H2,1-2H3/t23-,24?/m0/s1. The molecular weight excluding hydrogens is 404 g/mol. The molecule has 2 heterocycles. The van der Waals surface area contributed by atoms with Crippen LogP contribution >= 0.6 is 11.8 Å². The van der Waals surface area contributed by atoms with Crippen LogP contribution in [-0.2, 0) is 11.2 Å². The summed E-state index contributed by atoms with van der Waals surface area (Å²) in [4.78, 5) is 19.8. The van der Waals surface area contributed by atoms with E-state index in [4.69, 9.17) is 0 Å². The number of benzene rings is 2. The molecule has 0 bridgehead atoms. The van der Waals surface area contributed by atoms with Gasteiger partial charge in [0.1, 0.15) is 0 Å². The maximum atomic E-state index is 13.1. The van der Waals surface area contributed by atoms with Gasteiger partial charge in [0, 0.05) is 51.7 Å². The predicted molar refractivity (Wildman–Crippen MR) is 131 cm³/mol. The number of thioether (sulfide) groups is 1. The minimum absolute atomic E-state index is 0.0809. The van der Waals surface area contributed by atoms with Crippen molar-refractivity contribution in [2.24, 2.45) is 0 Å². The normalized spacial score (nSPS) is 21.9. The third-order valence-electron chi connectivity index (χ3n) is 6.24. The number of piperazine rings is 1. The third kappa shape index (κ3) is 5.82. The van der Waals surface area contributed by atoms with E-state index in [1.807, 2.05) is 11.8 Å². The molecule has 2 aromatic rings. The van der Waals surface area contributed by atoms with Crippen molar-refractivity contribution >= 4 is 23.4 Å². The van der Waals surface area contributed by atoms with Gasteiger partial charge in [-0.25, -0.2) is 0 Å². The number of carbonyl (C=O) groups is 1. The van der Waals surface area contributed by atoms with Crippen LogP contribution in [0.5, 0.6) is 0 Å². The number of rotatable bonds is 7. The van der Waals surface area contributed by atoms with E-state index < -0.39 is 0 Å². The van der Waals surface area contributed by atoms with Crippen molar-refractivity contribution < 1.29 is 4.79 Å². The summed E-state index contributed by atoms with van der Waals surface area (Å²) in [5, 5.41) is 3.76. The number of amides is 1. The van der Waals surface area contributed by atoms with Crippen molar-refractivity contribution in [3.63, 3.8) is 0 Å². The molecule has 4 rings (SSSR count). The molecule has 6 heteroatoms. The molecule has 2 aromatic carbocycles. The van der Waals surface area contributed by atoms with Crippen molar-refractivity contribution in [3.8, 4) is 0 Å². The molecule has 1 amide bonds. The van der Waals surface area contributed by atoms with E-state index in [0.717, 1.165) is 44.9 Å². The molecule has 2 aliphatic heterocycles. The van der Waals surface area contributed by atoms with Gasteiger partial charge in [-0.05, 0) is 42.6 Å². The van der Waals surface area contributed by atoms with Gasteiger partial charge < -0.3 is 9.80 Å². The molecule has 2 saturated heterocycles. The largest absolute Gasteiger partial charge is 0.378 e. The number of aryl methyl sites for hydroxylation is 1. The van der Waals surface area contributed by atoms with Gasteiger partial charge in [-0.2, -0.15) is 0 Å². The fourth-order valence-electron chi connectivity index (χ4n) is 4.34. The summed E-state index contributed by atoms with van der Waals surface area (Å²) < 4.78 is 0. The van der Waals surface area contributed by atoms with Crippen LogP contribution in [0.1, 0.15) is 22.9 Å². The number of hydrogen-bond acceptors (Lipinski definition) is 5. The maximum absolute atomic E-state index is 13.1. The van der Waals surface area contributed by atoms with Crippen LogP contribution in [-0.4, -0.2) is 74.3 Å². The summed E-state index contributed by atoms with van der Waals surface area (Å²) in [5.41, 5.74) is 3.85. The van der Waals surface area contributed by atoms with Crippen molar-refractivity contribution in [2.75, 3.05) is 57.5 Å². The highest BCUT2D eigenvalue weighted by Gasteiger charge is 2.34. The molecule has 31 heavy (non-hydrogen) atoms. The minimum Gasteiger partial charge on any atom is -0.378 e. The Bertz CT molecular complexity index is 852. The van der Waals surface area contributed by atoms with Gasteiger partial charge in [0.25, 0.3) is 0 Å². The molecule has 0 spiro atoms. The highest BCUT2D eigenvalue weighted by Crippen LogP contribution is 2.34. The topological polar surface area (TPSA) is 38.8 Å². The second kappa shape index (κ2) is 10.5. The van der Waals surface area contributed by atoms with Crippen molar-refractivity contribution in [1.29, 1.82) is 0 Å². The lowest BCUT2D eigenvalue weighted by Crippen LogP contribution is -2.53. The Hall–Kier alpha value is -2.02. The Morgan fingerprint density at radius 1 is 1.06 bits per heavy atom. The van der Waals surface area contributed by atoms with Crippen LogP contribution in [0.2, 0.25) is 0 Å². The van der Waals surface area contributed by atoms with Gasteiger partial charge in [-0.15, -0.1) is 11.8 Å². The highest BCUT2D eigenvalue weighted by molar-refractivity contribution is 7.99. The summed E-state index contributed by atoms with van der Waals surface area (Å²) in [6, 6.07) is 19.2. The van der Waals surface area contributed by atoms with Crippen molar-refractivity contribution in [3.05, 3.63) is 65.7 Å². The van der Waals surface area contributed by atoms with E-state index in [9.17, 15) is 4.79 Å². The number of anilines is 1. The number of nitrogens with one attached hydrogen (secondary N) is 1. The average Bonchev–Trinajstić information content (AvgIpc) is 3.30. The Kier molecular flexibility index (Phi) is 7.54. The summed E-state index contributed by atoms with van der Waals surface area (Å²) in [7, 11) is 4.12. The van der Waals surface area contributed by atoms with Crippen LogP contribution in [0.3, 0.4) is 0 Å². The van der Waals surface area contributed by atoms with Crippen LogP contribution < -0.4 is 10.2 Å². The molecule has 166 valence electrons. The maximum Gasteiger partial charge on any atom is 0.240 e. The minimum atomic E-state index is -0.0809. The molecule has 0 saturated carbocycles. The van der Waals surface area contributed by atoms with E-state index in [2.05, 4.69) is 88.7 Å². The van der Waals surface area contributed by atoms with Crippen LogP contribution in [0, 0.1) is 0 Å². The number of carbonyl (C=O) groups excluding carboxylic acids is 1. The lowest BCUT2D eigenvalue weighted by atomic mass is 10.1. The van der Waals surface area contributed by atoms with E-state index in [1.165, 1.54) is 23.2 Å². The van der Waals surface area contributed by atoms with Gasteiger partial charge >= 0.3 is 0 Å². The quantitative estimate of drug-likeness (QED) is 0.719. The summed E-state index contributed by atoms with van der Waals surface area (Å²) >= 11 is 1.84. The second-order valence-corrected chi connectivity index (χ2v) is 9.82. The molecule has 1 unspecified atom stereocenters. The summed E-state index contributed by atoms with van der Waals surface area (Å²) in [5.74, 6) is 1.11. The zero-order chi connectivity index (χ0) is 21.6. The number of nitrogens with zero attached hydrogens (tertiary/aromatic N) is 3. The zero-order valence-electron chi connectivity index (χ0n) is 18.7. The molecule has 1 N–H and O–H groups in total. The first kappa shape index (κ1) is 22.2. The second-order valence-electron chi connectivity index (χ2n) is 8.68. The lowest BCUT2D eigenvalue weighted by molar-refractivity contribution is -0.134. The molecule has 2 fully saturated rings. The van der Waals surface area contributed by atoms with Gasteiger partial charge in [0.05, 0.1) is 11.4 Å². The molecule has 2 atom stereocenters. The average molecular weight is 439 g/mol. The van der Waals surface area contributed by atoms with E-state index in [-0.39, 0.29) is 17.3 Å². The zero-order valence-corrected chi connectivity index (χ0v) is 19.5. The Balaban J connectivity index is 1.21. The Labute approximate surface area is 190 Å².